The van der Waals surface area contributed by atoms with Gasteiger partial charge in [-0.1, -0.05) is 29.8 Å². The van der Waals surface area contributed by atoms with Crippen LogP contribution in [0.5, 0.6) is 0 Å². The lowest BCUT2D eigenvalue weighted by Crippen LogP contribution is -2.36. The molecule has 7 heteroatoms. The number of nitrogens with zero attached hydrogens (tertiary/aromatic N) is 3. The van der Waals surface area contributed by atoms with E-state index in [1.54, 1.807) is 18.2 Å². The topological polar surface area (TPSA) is 71.3 Å². The number of rotatable bonds is 5. The monoisotopic (exact) mass is 423 g/mol. The third kappa shape index (κ3) is 5.27. The largest absolute Gasteiger partial charge is 0.326 e. The fourth-order valence-electron chi connectivity index (χ4n) is 3.23. The summed E-state index contributed by atoms with van der Waals surface area (Å²) >= 11 is 6.07. The second-order valence-corrected chi connectivity index (χ2v) is 7.59. The number of carbonyl (C=O) groups is 1. The van der Waals surface area contributed by atoms with Crippen LogP contribution in [-0.2, 0) is 13.5 Å². The number of aryl methyl sites for hydroxylation is 3. The second-order valence-electron chi connectivity index (χ2n) is 7.16. The van der Waals surface area contributed by atoms with Gasteiger partial charge < -0.3 is 5.32 Å². The van der Waals surface area contributed by atoms with E-state index in [1.807, 2.05) is 62.8 Å². The van der Waals surface area contributed by atoms with E-state index in [-0.39, 0.29) is 5.91 Å². The molecule has 6 nitrogen and oxygen atoms in total. The van der Waals surface area contributed by atoms with Gasteiger partial charge >= 0.3 is 0 Å². The summed E-state index contributed by atoms with van der Waals surface area (Å²) in [5.41, 5.74) is 5.67. The zero-order valence-electron chi connectivity index (χ0n) is 17.7. The Morgan fingerprint density at radius 3 is 2.50 bits per heavy atom. The van der Waals surface area contributed by atoms with Crippen molar-refractivity contribution in [1.82, 2.24) is 15.1 Å². The standard InChI is InChI=1S/C23H26ClN5O/c1-15-14-19(24)10-11-21(15)26-23(27-22(30)18-8-6-5-7-9-18)25-13-12-20-16(2)28-29(4)17(20)3/h5-11,14H,12-13H2,1-4H3,(H2,25,26,27,30). The molecule has 0 aliphatic heterocycles. The molecule has 1 aromatic heterocycles. The first kappa shape index (κ1) is 21.6. The van der Waals surface area contributed by atoms with Crippen molar-refractivity contribution in [2.75, 3.05) is 11.9 Å². The quantitative estimate of drug-likeness (QED) is 0.470. The van der Waals surface area contributed by atoms with E-state index < -0.39 is 0 Å². The zero-order valence-corrected chi connectivity index (χ0v) is 18.4. The summed E-state index contributed by atoms with van der Waals surface area (Å²) in [7, 11) is 1.94. The van der Waals surface area contributed by atoms with Gasteiger partial charge in [-0.3, -0.25) is 19.8 Å². The van der Waals surface area contributed by atoms with Gasteiger partial charge in [-0.2, -0.15) is 5.10 Å². The van der Waals surface area contributed by atoms with E-state index in [9.17, 15) is 4.79 Å². The van der Waals surface area contributed by atoms with Crippen molar-refractivity contribution in [1.29, 1.82) is 0 Å². The molecule has 1 amide bonds. The Hall–Kier alpha value is -3.12. The van der Waals surface area contributed by atoms with E-state index in [2.05, 4.69) is 20.7 Å². The number of aromatic nitrogens is 2. The third-order valence-corrected chi connectivity index (χ3v) is 5.24. The Morgan fingerprint density at radius 1 is 1.13 bits per heavy atom. The van der Waals surface area contributed by atoms with Crippen molar-refractivity contribution in [2.24, 2.45) is 12.0 Å². The van der Waals surface area contributed by atoms with Gasteiger partial charge in [0.15, 0.2) is 0 Å². The van der Waals surface area contributed by atoms with Crippen LogP contribution >= 0.6 is 11.6 Å². The molecule has 0 aliphatic rings. The number of hydrogen-bond acceptors (Lipinski definition) is 3. The first-order chi connectivity index (χ1) is 14.3. The van der Waals surface area contributed by atoms with Gasteiger partial charge in [-0.25, -0.2) is 0 Å². The van der Waals surface area contributed by atoms with Crippen LogP contribution in [0.2, 0.25) is 5.02 Å². The van der Waals surface area contributed by atoms with Crippen molar-refractivity contribution in [3.63, 3.8) is 0 Å². The van der Waals surface area contributed by atoms with Crippen LogP contribution in [0, 0.1) is 20.8 Å². The third-order valence-electron chi connectivity index (χ3n) is 5.00. The number of anilines is 1. The average molecular weight is 424 g/mol. The summed E-state index contributed by atoms with van der Waals surface area (Å²) in [6.07, 6.45) is 0.734. The van der Waals surface area contributed by atoms with E-state index in [0.29, 0.717) is 23.1 Å². The van der Waals surface area contributed by atoms with Crippen LogP contribution < -0.4 is 10.6 Å². The fourth-order valence-corrected chi connectivity index (χ4v) is 3.46. The molecule has 156 valence electrons. The van der Waals surface area contributed by atoms with Crippen LogP contribution in [0.1, 0.15) is 32.9 Å². The number of halogens is 1. The van der Waals surface area contributed by atoms with Crippen LogP contribution in [0.25, 0.3) is 0 Å². The molecule has 0 bridgehead atoms. The van der Waals surface area contributed by atoms with Gasteiger partial charge in [-0.15, -0.1) is 0 Å². The number of nitrogens with one attached hydrogen (secondary N) is 2. The van der Waals surface area contributed by atoms with Crippen molar-refractivity contribution in [2.45, 2.75) is 27.2 Å². The summed E-state index contributed by atoms with van der Waals surface area (Å²) in [4.78, 5) is 17.3. The molecule has 2 aromatic carbocycles. The molecule has 0 saturated carbocycles. The van der Waals surface area contributed by atoms with E-state index in [4.69, 9.17) is 11.6 Å². The van der Waals surface area contributed by atoms with Crippen LogP contribution in [-0.4, -0.2) is 28.2 Å². The SMILES string of the molecule is Cc1cc(Cl)ccc1NC(=NCCc1c(C)nn(C)c1C)NC(=O)c1ccccc1. The predicted molar refractivity (Wildman–Crippen MR) is 122 cm³/mol. The molecule has 30 heavy (non-hydrogen) atoms. The lowest BCUT2D eigenvalue weighted by Gasteiger charge is -2.14. The number of carbonyl (C=O) groups excluding carboxylic acids is 1. The van der Waals surface area contributed by atoms with E-state index >= 15 is 0 Å². The average Bonchev–Trinajstić information content (AvgIpc) is 2.96. The first-order valence-electron chi connectivity index (χ1n) is 9.78. The van der Waals surface area contributed by atoms with Crippen molar-refractivity contribution in [3.05, 3.63) is 81.6 Å². The molecule has 2 N–H and O–H groups in total. The summed E-state index contributed by atoms with van der Waals surface area (Å²) in [5, 5.41) is 11.2. The molecule has 0 fully saturated rings. The highest BCUT2D eigenvalue weighted by molar-refractivity contribution is 6.30. The number of amides is 1. The molecule has 3 aromatic rings. The van der Waals surface area contributed by atoms with Crippen LogP contribution in [0.3, 0.4) is 0 Å². The Balaban J connectivity index is 1.80. The highest BCUT2D eigenvalue weighted by Gasteiger charge is 2.12. The second kappa shape index (κ2) is 9.59. The number of hydrogen-bond donors (Lipinski definition) is 2. The molecule has 0 saturated heterocycles. The van der Waals surface area contributed by atoms with Gasteiger partial charge in [-0.05, 0) is 68.7 Å². The van der Waals surface area contributed by atoms with E-state index in [0.717, 1.165) is 29.1 Å². The lowest BCUT2D eigenvalue weighted by atomic mass is 10.1. The zero-order chi connectivity index (χ0) is 21.7. The summed E-state index contributed by atoms with van der Waals surface area (Å²) in [6, 6.07) is 14.6. The van der Waals surface area contributed by atoms with Gasteiger partial charge in [0.1, 0.15) is 0 Å². The van der Waals surface area contributed by atoms with E-state index in [1.165, 1.54) is 5.56 Å². The maximum atomic E-state index is 12.7. The number of aliphatic imine (C=N–C) groups is 1. The maximum Gasteiger partial charge on any atom is 0.257 e. The molecule has 0 unspecified atom stereocenters. The summed E-state index contributed by atoms with van der Waals surface area (Å²) in [6.45, 7) is 6.51. The Morgan fingerprint density at radius 2 is 1.87 bits per heavy atom. The molecule has 0 aliphatic carbocycles. The van der Waals surface area contributed by atoms with Gasteiger partial charge in [0.2, 0.25) is 5.96 Å². The fraction of sp³-hybridized carbons (Fsp3) is 0.261. The highest BCUT2D eigenvalue weighted by Crippen LogP contribution is 2.19. The minimum atomic E-state index is -0.220. The minimum absolute atomic E-state index is 0.220. The molecule has 0 spiro atoms. The number of benzene rings is 2. The van der Waals surface area contributed by atoms with Gasteiger partial charge in [0.05, 0.1) is 5.69 Å². The minimum Gasteiger partial charge on any atom is -0.326 e. The Labute approximate surface area is 182 Å². The van der Waals surface area contributed by atoms with Gasteiger partial charge in [0.25, 0.3) is 5.91 Å². The molecule has 1 heterocycles. The smallest absolute Gasteiger partial charge is 0.257 e. The predicted octanol–water partition coefficient (Wildman–Crippen LogP) is 4.44. The van der Waals surface area contributed by atoms with Crippen LogP contribution in [0.15, 0.2) is 53.5 Å². The maximum absolute atomic E-state index is 12.7. The Kier molecular flexibility index (Phi) is 6.90. The molecule has 3 rings (SSSR count). The molecule has 0 atom stereocenters. The summed E-state index contributed by atoms with van der Waals surface area (Å²) < 4.78 is 1.88. The number of guanidine groups is 1. The van der Waals surface area contributed by atoms with Crippen molar-refractivity contribution in [3.8, 4) is 0 Å². The van der Waals surface area contributed by atoms with Crippen molar-refractivity contribution >= 4 is 29.2 Å². The molecule has 0 radical (unpaired) electrons. The van der Waals surface area contributed by atoms with Crippen molar-refractivity contribution < 1.29 is 4.79 Å². The highest BCUT2D eigenvalue weighted by atomic mass is 35.5. The first-order valence-corrected chi connectivity index (χ1v) is 10.2. The summed E-state index contributed by atoms with van der Waals surface area (Å²) in [5.74, 6) is 0.177. The Bertz CT molecular complexity index is 1070. The molecular formula is C23H26ClN5O. The lowest BCUT2D eigenvalue weighted by molar-refractivity contribution is 0.0977. The molecular weight excluding hydrogens is 398 g/mol. The van der Waals surface area contributed by atoms with Gasteiger partial charge in [0, 0.05) is 35.6 Å². The normalized spacial score (nSPS) is 11.4. The van der Waals surface area contributed by atoms with Crippen LogP contribution in [0.4, 0.5) is 5.69 Å².